The van der Waals surface area contributed by atoms with Crippen molar-refractivity contribution < 1.29 is 4.79 Å². The second-order valence-electron chi connectivity index (χ2n) is 5.45. The lowest BCUT2D eigenvalue weighted by Gasteiger charge is -2.15. The van der Waals surface area contributed by atoms with Crippen molar-refractivity contribution in [2.75, 3.05) is 11.9 Å². The minimum Gasteiger partial charge on any atom is -0.330 e. The van der Waals surface area contributed by atoms with E-state index < -0.39 is 0 Å². The minimum atomic E-state index is -0.0106. The van der Waals surface area contributed by atoms with E-state index in [9.17, 15) is 4.79 Å². The molecule has 5 nitrogen and oxygen atoms in total. The van der Waals surface area contributed by atoms with Crippen LogP contribution in [0.4, 0.5) is 5.13 Å². The molecule has 1 aromatic heterocycles. The van der Waals surface area contributed by atoms with Crippen LogP contribution in [0.3, 0.4) is 0 Å². The van der Waals surface area contributed by atoms with Gasteiger partial charge in [-0.05, 0) is 37.4 Å². The molecule has 2 aromatic rings. The third kappa shape index (κ3) is 3.29. The lowest BCUT2D eigenvalue weighted by molar-refractivity contribution is -0.120. The highest BCUT2D eigenvalue weighted by molar-refractivity contribution is 7.18. The van der Waals surface area contributed by atoms with E-state index in [1.807, 2.05) is 24.3 Å². The molecule has 1 fully saturated rings. The molecule has 1 aliphatic carbocycles. The molecule has 116 valence electrons. The highest BCUT2D eigenvalue weighted by atomic mass is 35.5. The number of nitrogens with zero attached hydrogens (tertiary/aromatic N) is 2. The van der Waals surface area contributed by atoms with Gasteiger partial charge in [0.15, 0.2) is 0 Å². The molecule has 1 aliphatic rings. The first kappa shape index (κ1) is 15.4. The smallest absolute Gasteiger partial charge is 0.229 e. The Labute approximate surface area is 137 Å². The number of halogens is 1. The number of amides is 1. The second-order valence-corrected chi connectivity index (χ2v) is 6.86. The van der Waals surface area contributed by atoms with Crippen LogP contribution >= 0.6 is 22.9 Å². The lowest BCUT2D eigenvalue weighted by atomic mass is 9.95. The van der Waals surface area contributed by atoms with Gasteiger partial charge >= 0.3 is 0 Å². The molecule has 0 radical (unpaired) electrons. The Bertz CT molecular complexity index is 675. The van der Waals surface area contributed by atoms with Crippen molar-refractivity contribution >= 4 is 34.0 Å². The van der Waals surface area contributed by atoms with Crippen molar-refractivity contribution in [3.8, 4) is 10.6 Å². The van der Waals surface area contributed by atoms with E-state index in [-0.39, 0.29) is 17.7 Å². The molecular formula is C15H17ClN4OS. The Morgan fingerprint density at radius 2 is 2.27 bits per heavy atom. The highest BCUT2D eigenvalue weighted by Gasteiger charge is 2.32. The normalized spacial score (nSPS) is 21.0. The fourth-order valence-corrected chi connectivity index (χ4v) is 3.81. The number of carbonyl (C=O) groups is 1. The van der Waals surface area contributed by atoms with Crippen LogP contribution in [0.25, 0.3) is 10.6 Å². The third-order valence-electron chi connectivity index (χ3n) is 4.03. The van der Waals surface area contributed by atoms with Gasteiger partial charge in [0.25, 0.3) is 0 Å². The molecule has 1 amide bonds. The van der Waals surface area contributed by atoms with Crippen LogP contribution in [0.15, 0.2) is 24.3 Å². The largest absolute Gasteiger partial charge is 0.330 e. The molecule has 1 heterocycles. The zero-order valence-electron chi connectivity index (χ0n) is 12.0. The Balaban J connectivity index is 1.70. The number of carbonyl (C=O) groups excluding carboxylic acids is 1. The Morgan fingerprint density at radius 1 is 1.41 bits per heavy atom. The van der Waals surface area contributed by atoms with Gasteiger partial charge in [-0.15, -0.1) is 10.2 Å². The number of benzene rings is 1. The summed E-state index contributed by atoms with van der Waals surface area (Å²) >= 11 is 7.33. The monoisotopic (exact) mass is 336 g/mol. The molecule has 0 spiro atoms. The number of nitrogens with two attached hydrogens (primary N) is 1. The third-order valence-corrected chi connectivity index (χ3v) is 5.15. The SMILES string of the molecule is NC[C@H]1CCC[C@H]1C(=O)Nc1nnc(-c2cccc(Cl)c2)s1. The first-order chi connectivity index (χ1) is 10.7. The Kier molecular flexibility index (Phi) is 4.71. The van der Waals surface area contributed by atoms with E-state index >= 15 is 0 Å². The van der Waals surface area contributed by atoms with Gasteiger partial charge in [0, 0.05) is 16.5 Å². The van der Waals surface area contributed by atoms with Gasteiger partial charge in [0.05, 0.1) is 0 Å². The summed E-state index contributed by atoms with van der Waals surface area (Å²) in [6.07, 6.45) is 2.98. The quantitative estimate of drug-likeness (QED) is 0.898. The van der Waals surface area contributed by atoms with Crippen LogP contribution in [0, 0.1) is 11.8 Å². The number of hydrogen-bond donors (Lipinski definition) is 2. The molecule has 0 saturated heterocycles. The average Bonchev–Trinajstić information content (AvgIpc) is 3.15. The van der Waals surface area contributed by atoms with E-state index in [1.54, 1.807) is 0 Å². The predicted octanol–water partition coefficient (Wildman–Crippen LogP) is 3.17. The molecule has 7 heteroatoms. The van der Waals surface area contributed by atoms with E-state index in [1.165, 1.54) is 11.3 Å². The Morgan fingerprint density at radius 3 is 3.05 bits per heavy atom. The number of aromatic nitrogens is 2. The second kappa shape index (κ2) is 6.73. The molecule has 0 unspecified atom stereocenters. The minimum absolute atomic E-state index is 0.00161. The van der Waals surface area contributed by atoms with Crippen LogP contribution < -0.4 is 11.1 Å². The number of hydrogen-bond acceptors (Lipinski definition) is 5. The molecule has 3 rings (SSSR count). The average molecular weight is 337 g/mol. The zero-order chi connectivity index (χ0) is 15.5. The van der Waals surface area contributed by atoms with Crippen LogP contribution in [-0.2, 0) is 4.79 Å². The van der Waals surface area contributed by atoms with E-state index in [0.717, 1.165) is 29.8 Å². The van der Waals surface area contributed by atoms with Crippen molar-refractivity contribution in [1.29, 1.82) is 0 Å². The van der Waals surface area contributed by atoms with Crippen LogP contribution in [-0.4, -0.2) is 22.6 Å². The summed E-state index contributed by atoms with van der Waals surface area (Å²) in [6.45, 7) is 0.558. The number of anilines is 1. The molecule has 2 atom stereocenters. The van der Waals surface area contributed by atoms with Crippen LogP contribution in [0.1, 0.15) is 19.3 Å². The van der Waals surface area contributed by atoms with Gasteiger partial charge in [-0.2, -0.15) is 0 Å². The summed E-state index contributed by atoms with van der Waals surface area (Å²) in [5, 5.41) is 12.9. The maximum absolute atomic E-state index is 12.3. The van der Waals surface area contributed by atoms with E-state index in [0.29, 0.717) is 16.7 Å². The van der Waals surface area contributed by atoms with Crippen LogP contribution in [0.2, 0.25) is 5.02 Å². The highest BCUT2D eigenvalue weighted by Crippen LogP contribution is 2.33. The maximum atomic E-state index is 12.3. The van der Waals surface area contributed by atoms with Gasteiger partial charge in [-0.1, -0.05) is 41.5 Å². The summed E-state index contributed by atoms with van der Waals surface area (Å²) in [6, 6.07) is 7.41. The van der Waals surface area contributed by atoms with E-state index in [4.69, 9.17) is 17.3 Å². The van der Waals surface area contributed by atoms with Gasteiger partial charge in [-0.25, -0.2) is 0 Å². The van der Waals surface area contributed by atoms with Gasteiger partial charge in [0.1, 0.15) is 5.01 Å². The molecule has 1 aromatic carbocycles. The Hall–Kier alpha value is -1.50. The maximum Gasteiger partial charge on any atom is 0.229 e. The topological polar surface area (TPSA) is 80.9 Å². The number of nitrogens with one attached hydrogen (secondary N) is 1. The molecule has 0 aliphatic heterocycles. The summed E-state index contributed by atoms with van der Waals surface area (Å²) < 4.78 is 0. The van der Waals surface area contributed by atoms with Gasteiger partial charge < -0.3 is 11.1 Å². The van der Waals surface area contributed by atoms with Crippen molar-refractivity contribution in [3.63, 3.8) is 0 Å². The van der Waals surface area contributed by atoms with Crippen LogP contribution in [0.5, 0.6) is 0 Å². The van der Waals surface area contributed by atoms with Gasteiger partial charge in [0.2, 0.25) is 11.0 Å². The van der Waals surface area contributed by atoms with E-state index in [2.05, 4.69) is 15.5 Å². The fraction of sp³-hybridized carbons (Fsp3) is 0.400. The summed E-state index contributed by atoms with van der Waals surface area (Å²) in [5.74, 6) is 0.269. The van der Waals surface area contributed by atoms with Gasteiger partial charge in [-0.3, -0.25) is 4.79 Å². The lowest BCUT2D eigenvalue weighted by Crippen LogP contribution is -2.29. The molecule has 0 bridgehead atoms. The molecule has 1 saturated carbocycles. The molecular weight excluding hydrogens is 320 g/mol. The predicted molar refractivity (Wildman–Crippen MR) is 88.9 cm³/mol. The first-order valence-corrected chi connectivity index (χ1v) is 8.47. The summed E-state index contributed by atoms with van der Waals surface area (Å²) in [5.41, 5.74) is 6.63. The standard InChI is InChI=1S/C15H17ClN4OS/c16-11-5-1-3-9(7-11)14-19-20-15(22-14)18-13(21)12-6-2-4-10(12)8-17/h1,3,5,7,10,12H,2,4,6,8,17H2,(H,18,20,21)/t10-,12-/m1/s1. The number of rotatable bonds is 4. The van der Waals surface area contributed by atoms with Crippen molar-refractivity contribution in [2.45, 2.75) is 19.3 Å². The van der Waals surface area contributed by atoms with Crippen molar-refractivity contribution in [2.24, 2.45) is 17.6 Å². The summed E-state index contributed by atoms with van der Waals surface area (Å²) in [4.78, 5) is 12.3. The van der Waals surface area contributed by atoms with Crippen molar-refractivity contribution in [1.82, 2.24) is 10.2 Å². The zero-order valence-corrected chi connectivity index (χ0v) is 13.5. The van der Waals surface area contributed by atoms with Crippen molar-refractivity contribution in [3.05, 3.63) is 29.3 Å². The first-order valence-electron chi connectivity index (χ1n) is 7.27. The fourth-order valence-electron chi connectivity index (χ4n) is 2.87. The molecule has 22 heavy (non-hydrogen) atoms. The molecule has 3 N–H and O–H groups in total. The summed E-state index contributed by atoms with van der Waals surface area (Å²) in [7, 11) is 0.